The summed E-state index contributed by atoms with van der Waals surface area (Å²) in [5.41, 5.74) is 0.756. The van der Waals surface area contributed by atoms with Gasteiger partial charge in [-0.1, -0.05) is 18.2 Å². The van der Waals surface area contributed by atoms with Crippen LogP contribution in [0.1, 0.15) is 23.2 Å². The SMILES string of the molecule is O=C(O)c1cnn(-c2nc(NCC3CC3)c3ccc(Oc4ccccc4)cc3n2)c1. The van der Waals surface area contributed by atoms with Gasteiger partial charge in [-0.2, -0.15) is 10.1 Å². The molecule has 0 bridgehead atoms. The van der Waals surface area contributed by atoms with Crippen LogP contribution < -0.4 is 10.1 Å². The lowest BCUT2D eigenvalue weighted by atomic mass is 10.2. The highest BCUT2D eigenvalue weighted by Crippen LogP contribution is 2.31. The first kappa shape index (κ1) is 18.1. The van der Waals surface area contributed by atoms with Crippen LogP contribution in [0.4, 0.5) is 5.82 Å². The van der Waals surface area contributed by atoms with Gasteiger partial charge in [0.2, 0.25) is 0 Å². The van der Waals surface area contributed by atoms with Gasteiger partial charge < -0.3 is 15.2 Å². The van der Waals surface area contributed by atoms with Gasteiger partial charge in [0.25, 0.3) is 5.95 Å². The Labute approximate surface area is 172 Å². The first-order valence-electron chi connectivity index (χ1n) is 9.72. The van der Waals surface area contributed by atoms with Crippen molar-refractivity contribution in [1.29, 1.82) is 0 Å². The molecule has 4 aromatic rings. The predicted octanol–water partition coefficient (Wildman–Crippen LogP) is 4.13. The normalized spacial score (nSPS) is 13.3. The quantitative estimate of drug-likeness (QED) is 0.480. The van der Waals surface area contributed by atoms with Crippen molar-refractivity contribution >= 4 is 22.7 Å². The zero-order chi connectivity index (χ0) is 20.5. The maximum absolute atomic E-state index is 11.2. The Balaban J connectivity index is 1.55. The molecule has 150 valence electrons. The van der Waals surface area contributed by atoms with Crippen LogP contribution in [0.15, 0.2) is 60.9 Å². The van der Waals surface area contributed by atoms with Gasteiger partial charge in [0, 0.05) is 24.2 Å². The van der Waals surface area contributed by atoms with Crippen molar-refractivity contribution in [2.75, 3.05) is 11.9 Å². The van der Waals surface area contributed by atoms with E-state index in [2.05, 4.69) is 20.4 Å². The number of benzene rings is 2. The van der Waals surface area contributed by atoms with Crippen LogP contribution in [0.2, 0.25) is 0 Å². The van der Waals surface area contributed by atoms with Crippen LogP contribution in [-0.4, -0.2) is 37.4 Å². The Morgan fingerprint density at radius 2 is 1.97 bits per heavy atom. The van der Waals surface area contributed by atoms with Crippen molar-refractivity contribution < 1.29 is 14.6 Å². The van der Waals surface area contributed by atoms with E-state index in [9.17, 15) is 9.90 Å². The summed E-state index contributed by atoms with van der Waals surface area (Å²) in [5.74, 6) is 2.00. The summed E-state index contributed by atoms with van der Waals surface area (Å²) in [6.07, 6.45) is 5.12. The number of hydrogen-bond donors (Lipinski definition) is 2. The molecule has 2 N–H and O–H groups in total. The highest BCUT2D eigenvalue weighted by Gasteiger charge is 2.22. The lowest BCUT2D eigenvalue weighted by Crippen LogP contribution is -2.10. The van der Waals surface area contributed by atoms with Crippen molar-refractivity contribution in [3.8, 4) is 17.4 Å². The molecule has 8 heteroatoms. The third kappa shape index (κ3) is 3.80. The first-order valence-corrected chi connectivity index (χ1v) is 9.72. The van der Waals surface area contributed by atoms with Crippen LogP contribution >= 0.6 is 0 Å². The molecule has 1 fully saturated rings. The maximum Gasteiger partial charge on any atom is 0.338 e. The van der Waals surface area contributed by atoms with Gasteiger partial charge >= 0.3 is 5.97 Å². The van der Waals surface area contributed by atoms with Gasteiger partial charge in [-0.15, -0.1) is 0 Å². The average molecular weight is 401 g/mol. The van der Waals surface area contributed by atoms with E-state index in [0.717, 1.165) is 17.7 Å². The number of carbonyl (C=O) groups is 1. The largest absolute Gasteiger partial charge is 0.478 e. The van der Waals surface area contributed by atoms with Gasteiger partial charge in [0.05, 0.1) is 17.3 Å². The van der Waals surface area contributed by atoms with Crippen LogP contribution in [0.25, 0.3) is 16.9 Å². The minimum absolute atomic E-state index is 0.0762. The molecule has 0 unspecified atom stereocenters. The Bertz CT molecular complexity index is 1220. The summed E-state index contributed by atoms with van der Waals surface area (Å²) in [6, 6.07) is 15.2. The lowest BCUT2D eigenvalue weighted by Gasteiger charge is -2.12. The smallest absolute Gasteiger partial charge is 0.338 e. The standard InChI is InChI=1S/C22H19N5O3/c28-21(29)15-12-24-27(13-15)22-25-19-10-17(30-16-4-2-1-3-5-16)8-9-18(19)20(26-22)23-11-14-6-7-14/h1-5,8-10,12-14H,6-7,11H2,(H,28,29)(H,23,25,26). The number of anilines is 1. The average Bonchev–Trinajstić information content (AvgIpc) is 3.45. The molecule has 8 nitrogen and oxygen atoms in total. The van der Waals surface area contributed by atoms with Crippen molar-refractivity contribution in [2.24, 2.45) is 5.92 Å². The number of para-hydroxylation sites is 1. The summed E-state index contributed by atoms with van der Waals surface area (Å²) in [4.78, 5) is 20.4. The molecule has 30 heavy (non-hydrogen) atoms. The first-order chi connectivity index (χ1) is 14.7. The Morgan fingerprint density at radius 1 is 1.13 bits per heavy atom. The number of aromatic nitrogens is 4. The second kappa shape index (κ2) is 7.47. The molecule has 0 atom stereocenters. The fraction of sp³-hybridized carbons (Fsp3) is 0.182. The van der Waals surface area contributed by atoms with Gasteiger partial charge in [0.1, 0.15) is 17.3 Å². The van der Waals surface area contributed by atoms with Crippen LogP contribution in [-0.2, 0) is 0 Å². The highest BCUT2D eigenvalue weighted by molar-refractivity contribution is 5.91. The topological polar surface area (TPSA) is 102 Å². The second-order valence-corrected chi connectivity index (χ2v) is 7.27. The third-order valence-corrected chi connectivity index (χ3v) is 4.93. The zero-order valence-electron chi connectivity index (χ0n) is 16.0. The monoisotopic (exact) mass is 401 g/mol. The molecule has 0 saturated heterocycles. The van der Waals surface area contributed by atoms with E-state index in [1.54, 1.807) is 0 Å². The summed E-state index contributed by atoms with van der Waals surface area (Å²) < 4.78 is 7.31. The second-order valence-electron chi connectivity index (χ2n) is 7.27. The number of fused-ring (bicyclic) bond motifs is 1. The van der Waals surface area contributed by atoms with Gasteiger partial charge in [-0.3, -0.25) is 0 Å². The third-order valence-electron chi connectivity index (χ3n) is 4.93. The molecule has 1 aliphatic carbocycles. The fourth-order valence-electron chi connectivity index (χ4n) is 3.13. The van der Waals surface area contributed by atoms with Crippen LogP contribution in [0.3, 0.4) is 0 Å². The maximum atomic E-state index is 11.2. The molecule has 0 amide bonds. The molecule has 0 radical (unpaired) electrons. The van der Waals surface area contributed by atoms with E-state index in [1.165, 1.54) is 29.9 Å². The number of carboxylic acid groups (broad SMARTS) is 1. The summed E-state index contributed by atoms with van der Waals surface area (Å²) in [5, 5.41) is 17.6. The van der Waals surface area contributed by atoms with E-state index in [1.807, 2.05) is 48.5 Å². The van der Waals surface area contributed by atoms with Crippen LogP contribution in [0, 0.1) is 5.92 Å². The molecular formula is C22H19N5O3. The summed E-state index contributed by atoms with van der Waals surface area (Å²) in [7, 11) is 0. The van der Waals surface area contributed by atoms with E-state index >= 15 is 0 Å². The van der Waals surface area contributed by atoms with Crippen molar-refractivity contribution in [3.63, 3.8) is 0 Å². The number of nitrogens with one attached hydrogen (secondary N) is 1. The minimum Gasteiger partial charge on any atom is -0.478 e. The zero-order valence-corrected chi connectivity index (χ0v) is 16.0. The van der Waals surface area contributed by atoms with Crippen molar-refractivity contribution in [1.82, 2.24) is 19.7 Å². The number of nitrogens with zero attached hydrogens (tertiary/aromatic N) is 4. The van der Waals surface area contributed by atoms with E-state index in [4.69, 9.17) is 4.74 Å². The van der Waals surface area contributed by atoms with E-state index < -0.39 is 5.97 Å². The molecule has 1 aliphatic rings. The summed E-state index contributed by atoms with van der Waals surface area (Å²) in [6.45, 7) is 0.841. The molecule has 5 rings (SSSR count). The Hall–Kier alpha value is -3.94. The van der Waals surface area contributed by atoms with Gasteiger partial charge in [0.15, 0.2) is 0 Å². The molecule has 2 aromatic heterocycles. The minimum atomic E-state index is -1.05. The number of hydrogen-bond acceptors (Lipinski definition) is 6. The molecule has 2 aromatic carbocycles. The highest BCUT2D eigenvalue weighted by atomic mass is 16.5. The van der Waals surface area contributed by atoms with E-state index in [0.29, 0.717) is 29.0 Å². The Kier molecular flexibility index (Phi) is 4.51. The molecule has 0 spiro atoms. The molecule has 2 heterocycles. The molecule has 1 saturated carbocycles. The Morgan fingerprint density at radius 3 is 2.70 bits per heavy atom. The van der Waals surface area contributed by atoms with Crippen molar-refractivity contribution in [3.05, 3.63) is 66.5 Å². The molecular weight excluding hydrogens is 382 g/mol. The molecule has 0 aliphatic heterocycles. The number of ether oxygens (including phenoxy) is 1. The number of aromatic carboxylic acids is 1. The predicted molar refractivity (Wildman–Crippen MR) is 111 cm³/mol. The number of carboxylic acids is 1. The van der Waals surface area contributed by atoms with Gasteiger partial charge in [-0.05, 0) is 43.0 Å². The van der Waals surface area contributed by atoms with E-state index in [-0.39, 0.29) is 5.56 Å². The van der Waals surface area contributed by atoms with Crippen LogP contribution in [0.5, 0.6) is 11.5 Å². The summed E-state index contributed by atoms with van der Waals surface area (Å²) >= 11 is 0. The van der Waals surface area contributed by atoms with Gasteiger partial charge in [-0.25, -0.2) is 14.5 Å². The fourth-order valence-corrected chi connectivity index (χ4v) is 3.13. The van der Waals surface area contributed by atoms with Crippen molar-refractivity contribution in [2.45, 2.75) is 12.8 Å². The lowest BCUT2D eigenvalue weighted by molar-refractivity contribution is 0.0697. The number of rotatable bonds is 7.